The van der Waals surface area contributed by atoms with Gasteiger partial charge in [0, 0.05) is 19.4 Å². The molecule has 2 heterocycles. The van der Waals surface area contributed by atoms with Crippen molar-refractivity contribution < 1.29 is 22.7 Å². The molecule has 0 fully saturated rings. The number of nitrogens with one attached hydrogen (secondary N) is 1. The summed E-state index contributed by atoms with van der Waals surface area (Å²) in [6.45, 7) is 4.44. The van der Waals surface area contributed by atoms with E-state index in [1.807, 2.05) is 19.9 Å². The van der Waals surface area contributed by atoms with Crippen LogP contribution in [-0.4, -0.2) is 34.5 Å². The molecule has 0 aliphatic carbocycles. The lowest BCUT2D eigenvalue weighted by Gasteiger charge is -2.34. The van der Waals surface area contributed by atoms with Crippen molar-refractivity contribution in [2.24, 2.45) is 0 Å². The molecule has 1 aromatic carbocycles. The Hall–Kier alpha value is -2.35. The summed E-state index contributed by atoms with van der Waals surface area (Å²) in [6, 6.07) is 6.65. The molecular formula is C21H26F3N3O2. The van der Waals surface area contributed by atoms with Crippen LogP contribution >= 0.6 is 0 Å². The molecule has 1 N–H and O–H groups in total. The second-order valence-electron chi connectivity index (χ2n) is 7.55. The van der Waals surface area contributed by atoms with Gasteiger partial charge in [0.25, 0.3) is 0 Å². The van der Waals surface area contributed by atoms with Gasteiger partial charge in [-0.05, 0) is 32.3 Å². The third-order valence-electron chi connectivity index (χ3n) is 4.99. The molecule has 1 aliphatic rings. The van der Waals surface area contributed by atoms with Crippen LogP contribution in [0.1, 0.15) is 67.5 Å². The maximum Gasteiger partial charge on any atom is 0.410 e. The Bertz CT molecular complexity index is 818. The van der Waals surface area contributed by atoms with Crippen LogP contribution < -0.4 is 5.32 Å². The van der Waals surface area contributed by atoms with E-state index in [9.17, 15) is 18.0 Å². The third-order valence-corrected chi connectivity index (χ3v) is 4.99. The summed E-state index contributed by atoms with van der Waals surface area (Å²) in [5.74, 6) is -0.0613. The van der Waals surface area contributed by atoms with Crippen molar-refractivity contribution in [3.63, 3.8) is 0 Å². The normalized spacial score (nSPS) is 19.1. The molecule has 158 valence electrons. The summed E-state index contributed by atoms with van der Waals surface area (Å²) in [7, 11) is 0. The van der Waals surface area contributed by atoms with Crippen LogP contribution in [0.4, 0.5) is 19.0 Å². The quantitative estimate of drug-likeness (QED) is 0.473. The Kier molecular flexibility index (Phi) is 6.62. The minimum atomic E-state index is -4.45. The van der Waals surface area contributed by atoms with E-state index in [4.69, 9.17) is 4.74 Å². The highest BCUT2D eigenvalue weighted by Crippen LogP contribution is 2.44. The van der Waals surface area contributed by atoms with E-state index in [1.54, 1.807) is 24.3 Å². The zero-order valence-corrected chi connectivity index (χ0v) is 16.6. The number of hydrogen-bond donors (Lipinski definition) is 1. The Labute approximate surface area is 168 Å². The van der Waals surface area contributed by atoms with Crippen LogP contribution in [0.25, 0.3) is 0 Å². The number of ether oxygens (including phenoxy) is 1. The molecule has 0 saturated carbocycles. The topological polar surface area (TPSA) is 56.1 Å². The number of Topliss-reactive ketones (excluding diaryl/α,β-unsaturated/α-hetero) is 1. The van der Waals surface area contributed by atoms with Crippen molar-refractivity contribution in [2.45, 2.75) is 63.9 Å². The van der Waals surface area contributed by atoms with Gasteiger partial charge in [-0.25, -0.2) is 4.68 Å². The summed E-state index contributed by atoms with van der Waals surface area (Å²) in [5, 5.41) is 7.03. The van der Waals surface area contributed by atoms with Gasteiger partial charge in [-0.2, -0.15) is 18.3 Å². The monoisotopic (exact) mass is 409 g/mol. The largest absolute Gasteiger partial charge is 0.410 e. The van der Waals surface area contributed by atoms with Crippen molar-refractivity contribution >= 4 is 11.6 Å². The number of unbranched alkanes of at least 4 members (excludes halogenated alkanes) is 1. The first kappa shape index (κ1) is 21.4. The Balaban J connectivity index is 1.77. The fourth-order valence-corrected chi connectivity index (χ4v) is 3.51. The van der Waals surface area contributed by atoms with Crippen LogP contribution in [0.15, 0.2) is 36.5 Å². The maximum atomic E-state index is 13.7. The van der Waals surface area contributed by atoms with E-state index in [2.05, 4.69) is 10.4 Å². The van der Waals surface area contributed by atoms with Gasteiger partial charge in [-0.3, -0.25) is 4.79 Å². The highest BCUT2D eigenvalue weighted by atomic mass is 19.4. The first-order valence-electron chi connectivity index (χ1n) is 9.88. The lowest BCUT2D eigenvalue weighted by molar-refractivity contribution is -0.173. The number of nitrogens with zero attached hydrogens (tertiary/aromatic N) is 2. The molecule has 29 heavy (non-hydrogen) atoms. The molecule has 0 radical (unpaired) electrons. The van der Waals surface area contributed by atoms with Gasteiger partial charge < -0.3 is 10.1 Å². The predicted octanol–water partition coefficient (Wildman–Crippen LogP) is 5.32. The summed E-state index contributed by atoms with van der Waals surface area (Å²) in [6.07, 6.45) is -1.67. The van der Waals surface area contributed by atoms with E-state index in [1.165, 1.54) is 6.20 Å². The minimum absolute atomic E-state index is 0.131. The van der Waals surface area contributed by atoms with Gasteiger partial charge in [0.1, 0.15) is 5.82 Å². The number of rotatable bonds is 8. The predicted molar refractivity (Wildman–Crippen MR) is 104 cm³/mol. The Morgan fingerprint density at radius 2 is 2.00 bits per heavy atom. The number of carbonyl (C=O) groups is 1. The molecule has 0 amide bonds. The zero-order valence-electron chi connectivity index (χ0n) is 16.6. The molecule has 2 atom stereocenters. The van der Waals surface area contributed by atoms with Crippen molar-refractivity contribution in [3.8, 4) is 0 Å². The van der Waals surface area contributed by atoms with Crippen LogP contribution in [0.5, 0.6) is 0 Å². The SMILES string of the molecule is CC(C)OCCCCC(=O)c1cnn2c1NC(c1ccccc1)CC2C(F)(F)F. The highest BCUT2D eigenvalue weighted by Gasteiger charge is 2.47. The maximum absolute atomic E-state index is 13.7. The minimum Gasteiger partial charge on any atom is -0.379 e. The molecule has 1 aromatic heterocycles. The third kappa shape index (κ3) is 5.18. The van der Waals surface area contributed by atoms with Gasteiger partial charge in [0.15, 0.2) is 11.8 Å². The summed E-state index contributed by atoms with van der Waals surface area (Å²) in [5.41, 5.74) is 0.961. The molecule has 0 spiro atoms. The van der Waals surface area contributed by atoms with Crippen LogP contribution in [0.2, 0.25) is 0 Å². The Morgan fingerprint density at radius 3 is 2.66 bits per heavy atom. The number of hydrogen-bond acceptors (Lipinski definition) is 4. The van der Waals surface area contributed by atoms with Crippen LogP contribution in [-0.2, 0) is 4.74 Å². The number of fused-ring (bicyclic) bond motifs is 1. The molecule has 0 saturated heterocycles. The second kappa shape index (κ2) is 8.98. The Morgan fingerprint density at radius 1 is 1.28 bits per heavy atom. The molecule has 5 nitrogen and oxygen atoms in total. The zero-order chi connectivity index (χ0) is 21.0. The van der Waals surface area contributed by atoms with E-state index in [0.717, 1.165) is 16.7 Å². The van der Waals surface area contributed by atoms with E-state index >= 15 is 0 Å². The average molecular weight is 409 g/mol. The van der Waals surface area contributed by atoms with E-state index in [-0.39, 0.29) is 36.1 Å². The lowest BCUT2D eigenvalue weighted by Crippen LogP contribution is -2.36. The van der Waals surface area contributed by atoms with E-state index < -0.39 is 18.3 Å². The van der Waals surface area contributed by atoms with Gasteiger partial charge in [-0.15, -0.1) is 0 Å². The highest BCUT2D eigenvalue weighted by molar-refractivity contribution is 6.00. The number of anilines is 1. The molecular weight excluding hydrogens is 383 g/mol. The number of benzene rings is 1. The standard InChI is InChI=1S/C21H26F3N3O2/c1-14(2)29-11-7-6-10-18(28)16-13-25-27-19(21(22,23)24)12-17(26-20(16)27)15-8-4-3-5-9-15/h3-5,8-9,13-14,17,19,26H,6-7,10-12H2,1-2H3. The number of alkyl halides is 3. The van der Waals surface area contributed by atoms with Crippen molar-refractivity contribution in [3.05, 3.63) is 47.7 Å². The van der Waals surface area contributed by atoms with Crippen molar-refractivity contribution in [1.29, 1.82) is 0 Å². The van der Waals surface area contributed by atoms with E-state index in [0.29, 0.717) is 13.0 Å². The summed E-state index contributed by atoms with van der Waals surface area (Å²) >= 11 is 0. The number of ketones is 1. The van der Waals surface area contributed by atoms with Crippen molar-refractivity contribution in [2.75, 3.05) is 11.9 Å². The van der Waals surface area contributed by atoms with Crippen molar-refractivity contribution in [1.82, 2.24) is 9.78 Å². The first-order valence-corrected chi connectivity index (χ1v) is 9.88. The number of carbonyl (C=O) groups excluding carboxylic acids is 1. The fourth-order valence-electron chi connectivity index (χ4n) is 3.51. The lowest BCUT2D eigenvalue weighted by atomic mass is 9.96. The average Bonchev–Trinajstić information content (AvgIpc) is 3.10. The molecule has 2 aromatic rings. The number of halogens is 3. The van der Waals surface area contributed by atoms with Gasteiger partial charge in [-0.1, -0.05) is 30.3 Å². The molecule has 1 aliphatic heterocycles. The molecule has 3 rings (SSSR count). The molecule has 2 unspecified atom stereocenters. The van der Waals surface area contributed by atoms with Gasteiger partial charge in [0.05, 0.1) is 23.9 Å². The summed E-state index contributed by atoms with van der Waals surface area (Å²) < 4.78 is 47.4. The molecule has 8 heteroatoms. The van der Waals surface area contributed by atoms with Crippen LogP contribution in [0, 0.1) is 0 Å². The summed E-state index contributed by atoms with van der Waals surface area (Å²) in [4.78, 5) is 12.7. The second-order valence-corrected chi connectivity index (χ2v) is 7.55. The first-order chi connectivity index (χ1) is 13.8. The van der Waals surface area contributed by atoms with Gasteiger partial charge >= 0.3 is 6.18 Å². The number of aromatic nitrogens is 2. The van der Waals surface area contributed by atoms with Gasteiger partial charge in [0.2, 0.25) is 0 Å². The fraction of sp³-hybridized carbons (Fsp3) is 0.524. The van der Waals surface area contributed by atoms with Crippen LogP contribution in [0.3, 0.4) is 0 Å². The smallest absolute Gasteiger partial charge is 0.379 e. The molecule has 0 bridgehead atoms.